The Bertz CT molecular complexity index is 501. The van der Waals surface area contributed by atoms with Gasteiger partial charge in [0, 0.05) is 13.1 Å². The first-order chi connectivity index (χ1) is 10.1. The van der Waals surface area contributed by atoms with E-state index in [1.807, 2.05) is 14.0 Å². The monoisotopic (exact) mass is 313 g/mol. The molecule has 2 heterocycles. The minimum atomic E-state index is -0.0902. The quantitative estimate of drug-likeness (QED) is 0.833. The Kier molecular flexibility index (Phi) is 5.79. The van der Waals surface area contributed by atoms with Gasteiger partial charge in [0.05, 0.1) is 42.0 Å². The fourth-order valence-corrected chi connectivity index (χ4v) is 3.07. The molecule has 1 aromatic heterocycles. The van der Waals surface area contributed by atoms with Crippen molar-refractivity contribution in [2.45, 2.75) is 39.2 Å². The molecule has 0 radical (unpaired) electrons. The van der Waals surface area contributed by atoms with Crippen molar-refractivity contribution in [2.75, 3.05) is 19.8 Å². The Morgan fingerprint density at radius 1 is 1.48 bits per heavy atom. The molecular weight excluding hydrogens is 290 g/mol. The maximum atomic E-state index is 12.6. The summed E-state index contributed by atoms with van der Waals surface area (Å²) >= 11 is 6.32. The van der Waals surface area contributed by atoms with Gasteiger partial charge >= 0.3 is 0 Å². The third kappa shape index (κ3) is 3.65. The Morgan fingerprint density at radius 2 is 2.24 bits per heavy atom. The average Bonchev–Trinajstić information content (AvgIpc) is 3.04. The van der Waals surface area contributed by atoms with E-state index in [1.54, 1.807) is 4.68 Å². The zero-order valence-electron chi connectivity index (χ0n) is 13.0. The van der Waals surface area contributed by atoms with E-state index in [2.05, 4.69) is 17.3 Å². The first-order valence-corrected chi connectivity index (χ1v) is 8.00. The molecule has 1 saturated heterocycles. The topological polar surface area (TPSA) is 56.1 Å². The highest BCUT2D eigenvalue weighted by Gasteiger charge is 2.34. The van der Waals surface area contributed by atoms with Gasteiger partial charge in [-0.3, -0.25) is 9.48 Å². The fourth-order valence-electron chi connectivity index (χ4n) is 2.71. The maximum absolute atomic E-state index is 12.6. The third-order valence-electron chi connectivity index (χ3n) is 4.00. The van der Waals surface area contributed by atoms with E-state index in [4.69, 9.17) is 16.3 Å². The van der Waals surface area contributed by atoms with Gasteiger partial charge in [-0.15, -0.1) is 0 Å². The van der Waals surface area contributed by atoms with E-state index in [0.29, 0.717) is 24.7 Å². The van der Waals surface area contributed by atoms with E-state index in [0.717, 1.165) is 30.8 Å². The summed E-state index contributed by atoms with van der Waals surface area (Å²) in [6.45, 7) is 6.13. The molecule has 21 heavy (non-hydrogen) atoms. The second-order valence-corrected chi connectivity index (χ2v) is 5.91. The van der Waals surface area contributed by atoms with E-state index >= 15 is 0 Å². The summed E-state index contributed by atoms with van der Waals surface area (Å²) in [6, 6.07) is 0.120. The predicted molar refractivity (Wildman–Crippen MR) is 82.7 cm³/mol. The number of aryl methyl sites for hydroxylation is 2. The van der Waals surface area contributed by atoms with Crippen molar-refractivity contribution in [1.82, 2.24) is 15.1 Å². The van der Waals surface area contributed by atoms with Gasteiger partial charge in [0.25, 0.3) is 0 Å². The Balaban J connectivity index is 2.05. The van der Waals surface area contributed by atoms with Crippen LogP contribution in [0.25, 0.3) is 0 Å². The van der Waals surface area contributed by atoms with Gasteiger partial charge in [0.15, 0.2) is 0 Å². The number of hydrogen-bond donors (Lipinski definition) is 1. The number of Topliss-reactive ketones (excluding diaryl/α,β-unsaturated/α-hetero) is 1. The molecule has 1 aliphatic rings. The maximum Gasteiger partial charge on any atom is 0.145 e. The Hall–Kier alpha value is -0.910. The van der Waals surface area contributed by atoms with Crippen LogP contribution >= 0.6 is 11.6 Å². The number of hydrogen-bond acceptors (Lipinski definition) is 4. The lowest BCUT2D eigenvalue weighted by atomic mass is 9.95. The van der Waals surface area contributed by atoms with Crippen molar-refractivity contribution in [3.63, 3.8) is 0 Å². The average molecular weight is 314 g/mol. The lowest BCUT2D eigenvalue weighted by Crippen LogP contribution is -2.40. The van der Waals surface area contributed by atoms with Crippen LogP contribution < -0.4 is 5.32 Å². The van der Waals surface area contributed by atoms with Gasteiger partial charge in [-0.2, -0.15) is 5.10 Å². The first-order valence-electron chi connectivity index (χ1n) is 7.62. The van der Waals surface area contributed by atoms with Crippen LogP contribution in [0.4, 0.5) is 0 Å². The highest BCUT2D eigenvalue weighted by molar-refractivity contribution is 6.32. The van der Waals surface area contributed by atoms with Gasteiger partial charge in [-0.25, -0.2) is 0 Å². The first kappa shape index (κ1) is 16.5. The van der Waals surface area contributed by atoms with Crippen LogP contribution in [0.1, 0.15) is 31.7 Å². The lowest BCUT2D eigenvalue weighted by Gasteiger charge is -2.17. The summed E-state index contributed by atoms with van der Waals surface area (Å²) in [5, 5.41) is 8.38. The van der Waals surface area contributed by atoms with Gasteiger partial charge in [-0.1, -0.05) is 25.4 Å². The zero-order valence-corrected chi connectivity index (χ0v) is 13.7. The highest BCUT2D eigenvalue weighted by Crippen LogP contribution is 2.24. The highest BCUT2D eigenvalue weighted by atomic mass is 35.5. The molecule has 0 aromatic carbocycles. The SMILES string of the molecule is CCCNC1COCC1C(=O)Cc1c(Cl)c(CC)nn1C. The molecule has 6 heteroatoms. The van der Waals surface area contributed by atoms with Crippen molar-refractivity contribution in [2.24, 2.45) is 13.0 Å². The molecule has 1 aliphatic heterocycles. The van der Waals surface area contributed by atoms with Crippen LogP contribution in [0.5, 0.6) is 0 Å². The number of nitrogens with zero attached hydrogens (tertiary/aromatic N) is 2. The normalized spacial score (nSPS) is 21.9. The molecule has 118 valence electrons. The molecule has 2 rings (SSSR count). The molecule has 0 aliphatic carbocycles. The summed E-state index contributed by atoms with van der Waals surface area (Å²) in [7, 11) is 1.84. The van der Waals surface area contributed by atoms with Crippen LogP contribution in [-0.4, -0.2) is 41.4 Å². The lowest BCUT2D eigenvalue weighted by molar-refractivity contribution is -0.122. The van der Waals surface area contributed by atoms with E-state index in [9.17, 15) is 4.79 Å². The van der Waals surface area contributed by atoms with Crippen LogP contribution in [0, 0.1) is 5.92 Å². The molecule has 5 nitrogen and oxygen atoms in total. The number of ether oxygens (including phenoxy) is 1. The van der Waals surface area contributed by atoms with Gasteiger partial charge in [0.2, 0.25) is 0 Å². The molecule has 1 fully saturated rings. The zero-order chi connectivity index (χ0) is 15.4. The van der Waals surface area contributed by atoms with Crippen LogP contribution in [0.2, 0.25) is 5.02 Å². The number of ketones is 1. The number of carbonyl (C=O) groups excluding carboxylic acids is 1. The smallest absolute Gasteiger partial charge is 0.145 e. The standard InChI is InChI=1S/C15H24ClN3O2/c1-4-6-17-12-9-21-8-10(12)14(20)7-13-15(16)11(5-2)18-19(13)3/h10,12,17H,4-9H2,1-3H3. The predicted octanol–water partition coefficient (Wildman–Crippen LogP) is 1.76. The van der Waals surface area contributed by atoms with Gasteiger partial charge < -0.3 is 10.1 Å². The van der Waals surface area contributed by atoms with Crippen molar-refractivity contribution in [3.05, 3.63) is 16.4 Å². The van der Waals surface area contributed by atoms with Gasteiger partial charge in [-0.05, 0) is 19.4 Å². The van der Waals surface area contributed by atoms with Crippen LogP contribution in [0.15, 0.2) is 0 Å². The summed E-state index contributed by atoms with van der Waals surface area (Å²) in [4.78, 5) is 12.6. The molecule has 0 spiro atoms. The number of halogens is 1. The van der Waals surface area contributed by atoms with E-state index < -0.39 is 0 Å². The van der Waals surface area contributed by atoms with Crippen molar-refractivity contribution in [3.8, 4) is 0 Å². The fraction of sp³-hybridized carbons (Fsp3) is 0.733. The summed E-state index contributed by atoms with van der Waals surface area (Å²) in [6.07, 6.45) is 2.14. The van der Waals surface area contributed by atoms with Crippen molar-refractivity contribution < 1.29 is 9.53 Å². The Morgan fingerprint density at radius 3 is 2.86 bits per heavy atom. The minimum absolute atomic E-state index is 0.0902. The molecule has 2 unspecified atom stereocenters. The van der Waals surface area contributed by atoms with Crippen LogP contribution in [0.3, 0.4) is 0 Å². The molecule has 0 amide bonds. The second-order valence-electron chi connectivity index (χ2n) is 5.53. The molecule has 1 N–H and O–H groups in total. The number of nitrogens with one attached hydrogen (secondary N) is 1. The second kappa shape index (κ2) is 7.38. The number of rotatable bonds is 7. The van der Waals surface area contributed by atoms with Crippen molar-refractivity contribution in [1.29, 1.82) is 0 Å². The van der Waals surface area contributed by atoms with Crippen LogP contribution in [-0.2, 0) is 29.4 Å². The van der Waals surface area contributed by atoms with Gasteiger partial charge in [0.1, 0.15) is 5.78 Å². The largest absolute Gasteiger partial charge is 0.379 e. The van der Waals surface area contributed by atoms with Crippen molar-refractivity contribution >= 4 is 17.4 Å². The third-order valence-corrected chi connectivity index (χ3v) is 4.43. The summed E-state index contributed by atoms with van der Waals surface area (Å²) in [5.41, 5.74) is 1.66. The molecule has 0 saturated carbocycles. The summed E-state index contributed by atoms with van der Waals surface area (Å²) < 4.78 is 7.20. The molecular formula is C15H24ClN3O2. The van der Waals surface area contributed by atoms with E-state index in [-0.39, 0.29) is 17.7 Å². The number of carbonyl (C=O) groups is 1. The van der Waals surface area contributed by atoms with E-state index in [1.165, 1.54) is 0 Å². The Labute approximate surface area is 131 Å². The number of aromatic nitrogens is 2. The minimum Gasteiger partial charge on any atom is -0.379 e. The summed E-state index contributed by atoms with van der Waals surface area (Å²) in [5.74, 6) is 0.0845. The molecule has 0 bridgehead atoms. The molecule has 1 aromatic rings. The molecule has 2 atom stereocenters.